The maximum absolute atomic E-state index is 13.1. The summed E-state index contributed by atoms with van der Waals surface area (Å²) in [6.07, 6.45) is 1.42. The van der Waals surface area contributed by atoms with Crippen molar-refractivity contribution in [3.63, 3.8) is 0 Å². The zero-order valence-corrected chi connectivity index (χ0v) is 20.4. The van der Waals surface area contributed by atoms with Crippen LogP contribution in [0.1, 0.15) is 34.3 Å². The highest BCUT2D eigenvalue weighted by Gasteiger charge is 2.35. The zero-order chi connectivity index (χ0) is 23.4. The lowest BCUT2D eigenvalue weighted by Crippen LogP contribution is -2.45. The van der Waals surface area contributed by atoms with E-state index in [1.54, 1.807) is 23.1 Å². The van der Waals surface area contributed by atoms with Crippen LogP contribution in [-0.2, 0) is 17.9 Å². The van der Waals surface area contributed by atoms with Gasteiger partial charge in [-0.05, 0) is 49.2 Å². The van der Waals surface area contributed by atoms with Gasteiger partial charge in [0.15, 0.2) is 0 Å². The van der Waals surface area contributed by atoms with E-state index < -0.39 is 6.04 Å². The number of piperazine rings is 1. The molecule has 33 heavy (non-hydrogen) atoms. The molecule has 0 aromatic heterocycles. The largest absolute Gasteiger partial charge is 0.350 e. The second-order valence-electron chi connectivity index (χ2n) is 8.90. The van der Waals surface area contributed by atoms with E-state index in [0.717, 1.165) is 44.7 Å². The Balaban J connectivity index is 1.35. The van der Waals surface area contributed by atoms with Crippen LogP contribution in [0.2, 0.25) is 10.0 Å². The number of likely N-dealkylation sites (N-methyl/N-ethyl adjacent to an activating group) is 1. The van der Waals surface area contributed by atoms with Gasteiger partial charge in [-0.15, -0.1) is 0 Å². The van der Waals surface area contributed by atoms with Crippen LogP contribution >= 0.6 is 23.2 Å². The van der Waals surface area contributed by atoms with Crippen molar-refractivity contribution in [1.29, 1.82) is 0 Å². The topological polar surface area (TPSA) is 55.9 Å². The molecule has 4 rings (SSSR count). The molecule has 2 fully saturated rings. The summed E-state index contributed by atoms with van der Waals surface area (Å²) in [4.78, 5) is 32.4. The number of nitrogens with zero attached hydrogens (tertiary/aromatic N) is 3. The minimum absolute atomic E-state index is 0.136. The number of hydrogen-bond donors (Lipinski definition) is 1. The Morgan fingerprint density at radius 1 is 1.00 bits per heavy atom. The Labute approximate surface area is 205 Å². The molecule has 2 saturated heterocycles. The maximum Gasteiger partial charge on any atom is 0.256 e. The molecule has 1 unspecified atom stereocenters. The molecule has 0 aliphatic carbocycles. The third-order valence-electron chi connectivity index (χ3n) is 6.44. The highest BCUT2D eigenvalue weighted by Crippen LogP contribution is 2.26. The van der Waals surface area contributed by atoms with Crippen molar-refractivity contribution in [2.24, 2.45) is 0 Å². The van der Waals surface area contributed by atoms with Gasteiger partial charge in [-0.3, -0.25) is 14.5 Å². The molecule has 2 aromatic carbocycles. The molecule has 2 aliphatic rings. The second-order valence-corrected chi connectivity index (χ2v) is 9.74. The standard InChI is InChI=1S/C25H30Cl2N4O2/c1-29-10-12-30(13-11-29)17-19-5-2-4-18(14-19)16-28-24(32)23-6-3-9-31(23)25(33)21-15-20(26)7-8-22(21)27/h2,4-5,7-8,14-15,23H,3,6,9-13,16-17H2,1H3,(H,28,32). The van der Waals surface area contributed by atoms with Crippen molar-refractivity contribution in [1.82, 2.24) is 20.0 Å². The third-order valence-corrected chi connectivity index (χ3v) is 7.00. The van der Waals surface area contributed by atoms with Crippen LogP contribution in [0.15, 0.2) is 42.5 Å². The van der Waals surface area contributed by atoms with E-state index in [-0.39, 0.29) is 11.8 Å². The molecular weight excluding hydrogens is 459 g/mol. The van der Waals surface area contributed by atoms with E-state index in [9.17, 15) is 9.59 Å². The van der Waals surface area contributed by atoms with Crippen LogP contribution in [0.3, 0.4) is 0 Å². The van der Waals surface area contributed by atoms with E-state index in [0.29, 0.717) is 35.1 Å². The first-order valence-corrected chi connectivity index (χ1v) is 12.2. The summed E-state index contributed by atoms with van der Waals surface area (Å²) in [7, 11) is 2.16. The van der Waals surface area contributed by atoms with Crippen molar-refractivity contribution in [2.45, 2.75) is 32.0 Å². The molecular formula is C25H30Cl2N4O2. The molecule has 2 aromatic rings. The van der Waals surface area contributed by atoms with Gasteiger partial charge < -0.3 is 15.1 Å². The highest BCUT2D eigenvalue weighted by molar-refractivity contribution is 6.35. The number of rotatable bonds is 6. The summed E-state index contributed by atoms with van der Waals surface area (Å²) in [6, 6.07) is 12.7. The quantitative estimate of drug-likeness (QED) is 0.673. The van der Waals surface area contributed by atoms with Crippen molar-refractivity contribution in [3.05, 3.63) is 69.2 Å². The monoisotopic (exact) mass is 488 g/mol. The average Bonchev–Trinajstić information content (AvgIpc) is 3.30. The fourth-order valence-electron chi connectivity index (χ4n) is 4.51. The van der Waals surface area contributed by atoms with E-state index in [1.807, 2.05) is 12.1 Å². The van der Waals surface area contributed by atoms with Gasteiger partial charge in [-0.25, -0.2) is 0 Å². The Morgan fingerprint density at radius 2 is 1.76 bits per heavy atom. The third kappa shape index (κ3) is 6.07. The molecule has 2 heterocycles. The van der Waals surface area contributed by atoms with Crippen molar-refractivity contribution >= 4 is 35.0 Å². The van der Waals surface area contributed by atoms with Crippen LogP contribution in [0.25, 0.3) is 0 Å². The van der Waals surface area contributed by atoms with Gasteiger partial charge in [0.1, 0.15) is 6.04 Å². The smallest absolute Gasteiger partial charge is 0.256 e. The van der Waals surface area contributed by atoms with Crippen LogP contribution in [-0.4, -0.2) is 72.3 Å². The molecule has 2 amide bonds. The molecule has 1 N–H and O–H groups in total. The number of carbonyl (C=O) groups is 2. The van der Waals surface area contributed by atoms with Crippen LogP contribution in [0.4, 0.5) is 0 Å². The minimum Gasteiger partial charge on any atom is -0.350 e. The lowest BCUT2D eigenvalue weighted by Gasteiger charge is -2.32. The molecule has 8 heteroatoms. The number of hydrogen-bond acceptors (Lipinski definition) is 4. The number of carbonyl (C=O) groups excluding carboxylic acids is 2. The summed E-state index contributed by atoms with van der Waals surface area (Å²) in [5.74, 6) is -0.391. The lowest BCUT2D eigenvalue weighted by atomic mass is 10.1. The van der Waals surface area contributed by atoms with Gasteiger partial charge in [-0.1, -0.05) is 47.5 Å². The Morgan fingerprint density at radius 3 is 2.55 bits per heavy atom. The second kappa shape index (κ2) is 10.9. The molecule has 176 valence electrons. The highest BCUT2D eigenvalue weighted by atomic mass is 35.5. The van der Waals surface area contributed by atoms with Gasteiger partial charge in [0.25, 0.3) is 5.91 Å². The molecule has 2 aliphatic heterocycles. The first-order chi connectivity index (χ1) is 15.9. The van der Waals surface area contributed by atoms with Crippen molar-refractivity contribution in [2.75, 3.05) is 39.8 Å². The van der Waals surface area contributed by atoms with Crippen LogP contribution < -0.4 is 5.32 Å². The Hall–Kier alpha value is -2.12. The summed E-state index contributed by atoms with van der Waals surface area (Å²) in [5.41, 5.74) is 2.64. The van der Waals surface area contributed by atoms with Crippen LogP contribution in [0, 0.1) is 0 Å². The lowest BCUT2D eigenvalue weighted by molar-refractivity contribution is -0.125. The Bertz CT molecular complexity index is 1010. The minimum atomic E-state index is -0.499. The van der Waals surface area contributed by atoms with Gasteiger partial charge in [-0.2, -0.15) is 0 Å². The molecule has 0 radical (unpaired) electrons. The molecule has 0 bridgehead atoms. The first-order valence-electron chi connectivity index (χ1n) is 11.4. The predicted octanol–water partition coefficient (Wildman–Crippen LogP) is 3.66. The number of amides is 2. The number of benzene rings is 2. The van der Waals surface area contributed by atoms with Gasteiger partial charge >= 0.3 is 0 Å². The van der Waals surface area contributed by atoms with Crippen molar-refractivity contribution in [3.8, 4) is 0 Å². The SMILES string of the molecule is CN1CCN(Cc2cccc(CNC(=O)C3CCCN3C(=O)c3cc(Cl)ccc3Cl)c2)CC1. The fraction of sp³-hybridized carbons (Fsp3) is 0.440. The maximum atomic E-state index is 13.1. The Kier molecular flexibility index (Phi) is 7.91. The van der Waals surface area contributed by atoms with E-state index in [2.05, 4.69) is 34.3 Å². The number of halogens is 2. The summed E-state index contributed by atoms with van der Waals surface area (Å²) in [5, 5.41) is 3.81. The zero-order valence-electron chi connectivity index (χ0n) is 18.9. The van der Waals surface area contributed by atoms with E-state index >= 15 is 0 Å². The van der Waals surface area contributed by atoms with E-state index in [1.165, 1.54) is 5.56 Å². The normalized spacial score (nSPS) is 19.6. The van der Waals surface area contributed by atoms with E-state index in [4.69, 9.17) is 23.2 Å². The average molecular weight is 489 g/mol. The molecule has 0 saturated carbocycles. The van der Waals surface area contributed by atoms with Gasteiger partial charge in [0.2, 0.25) is 5.91 Å². The molecule has 1 atom stereocenters. The summed E-state index contributed by atoms with van der Waals surface area (Å²) >= 11 is 12.3. The van der Waals surface area contributed by atoms with Gasteiger partial charge in [0, 0.05) is 50.8 Å². The summed E-state index contributed by atoms with van der Waals surface area (Å²) < 4.78 is 0. The fourth-order valence-corrected chi connectivity index (χ4v) is 4.88. The number of nitrogens with one attached hydrogen (secondary N) is 1. The number of likely N-dealkylation sites (tertiary alicyclic amines) is 1. The van der Waals surface area contributed by atoms with Gasteiger partial charge in [0.05, 0.1) is 10.6 Å². The molecule has 6 nitrogen and oxygen atoms in total. The summed E-state index contributed by atoms with van der Waals surface area (Å²) in [6.45, 7) is 6.20. The van der Waals surface area contributed by atoms with Crippen LogP contribution in [0.5, 0.6) is 0 Å². The van der Waals surface area contributed by atoms with Crippen molar-refractivity contribution < 1.29 is 9.59 Å². The first kappa shape index (κ1) is 24.0. The molecule has 0 spiro atoms. The predicted molar refractivity (Wildman–Crippen MR) is 132 cm³/mol.